The minimum Gasteiger partial charge on any atom is -0.383 e. The van der Waals surface area contributed by atoms with Crippen molar-refractivity contribution in [2.45, 2.75) is 0 Å². The first kappa shape index (κ1) is 11.3. The second-order valence-electron chi connectivity index (χ2n) is 3.30. The van der Waals surface area contributed by atoms with Crippen molar-refractivity contribution < 1.29 is 4.74 Å². The molecule has 0 aliphatic carbocycles. The summed E-state index contributed by atoms with van der Waals surface area (Å²) in [6.45, 7) is 1.42. The molecule has 2 aromatic heterocycles. The molecule has 0 saturated carbocycles. The number of pyridine rings is 2. The van der Waals surface area contributed by atoms with Gasteiger partial charge in [0, 0.05) is 30.5 Å². The Bertz CT molecular complexity index is 490. The van der Waals surface area contributed by atoms with E-state index in [0.29, 0.717) is 6.61 Å². The van der Waals surface area contributed by atoms with Gasteiger partial charge in [-0.25, -0.2) is 0 Å². The topological polar surface area (TPSA) is 47.0 Å². The van der Waals surface area contributed by atoms with Crippen molar-refractivity contribution in [1.29, 1.82) is 0 Å². The standard InChI is InChI=1S/C11H12BrN3O/c1-16-5-4-14-9-2-3-13-10-6-8(12)7-15-11(9)10/h2-3,6-7H,4-5H2,1H3,(H,13,14). The number of hydrogen-bond acceptors (Lipinski definition) is 4. The van der Waals surface area contributed by atoms with E-state index in [1.54, 1.807) is 19.5 Å². The Labute approximate surface area is 102 Å². The van der Waals surface area contributed by atoms with Crippen molar-refractivity contribution in [3.05, 3.63) is 29.0 Å². The van der Waals surface area contributed by atoms with Crippen LogP contribution in [-0.4, -0.2) is 30.2 Å². The number of halogens is 1. The maximum atomic E-state index is 4.99. The first-order valence-electron chi connectivity index (χ1n) is 4.94. The van der Waals surface area contributed by atoms with Gasteiger partial charge in [-0.05, 0) is 28.1 Å². The molecule has 5 heteroatoms. The van der Waals surface area contributed by atoms with Gasteiger partial charge in [0.05, 0.1) is 17.8 Å². The molecule has 2 heterocycles. The Hall–Kier alpha value is -1.20. The predicted octanol–water partition coefficient (Wildman–Crippen LogP) is 2.45. The minimum absolute atomic E-state index is 0.667. The van der Waals surface area contributed by atoms with Gasteiger partial charge in [0.15, 0.2) is 0 Å². The summed E-state index contributed by atoms with van der Waals surface area (Å²) < 4.78 is 5.92. The van der Waals surface area contributed by atoms with Gasteiger partial charge in [0.1, 0.15) is 5.52 Å². The molecule has 0 spiro atoms. The molecule has 0 aromatic carbocycles. The summed E-state index contributed by atoms with van der Waals surface area (Å²) >= 11 is 3.38. The monoisotopic (exact) mass is 281 g/mol. The van der Waals surface area contributed by atoms with Gasteiger partial charge in [0.2, 0.25) is 0 Å². The van der Waals surface area contributed by atoms with E-state index >= 15 is 0 Å². The van der Waals surface area contributed by atoms with Gasteiger partial charge in [-0.1, -0.05) is 0 Å². The lowest BCUT2D eigenvalue weighted by Crippen LogP contribution is -2.08. The summed E-state index contributed by atoms with van der Waals surface area (Å²) in [5.41, 5.74) is 2.73. The second-order valence-corrected chi connectivity index (χ2v) is 4.22. The minimum atomic E-state index is 0.667. The number of methoxy groups -OCH3 is 1. The van der Waals surface area contributed by atoms with Crippen LogP contribution in [0, 0.1) is 0 Å². The molecule has 1 N–H and O–H groups in total. The summed E-state index contributed by atoms with van der Waals surface area (Å²) in [6.07, 6.45) is 3.54. The van der Waals surface area contributed by atoms with Crippen LogP contribution in [0.4, 0.5) is 5.69 Å². The Morgan fingerprint density at radius 3 is 3.12 bits per heavy atom. The number of fused-ring (bicyclic) bond motifs is 1. The number of anilines is 1. The predicted molar refractivity (Wildman–Crippen MR) is 67.6 cm³/mol. The van der Waals surface area contributed by atoms with Gasteiger partial charge >= 0.3 is 0 Å². The lowest BCUT2D eigenvalue weighted by molar-refractivity contribution is 0.211. The van der Waals surface area contributed by atoms with Crippen molar-refractivity contribution in [1.82, 2.24) is 9.97 Å². The van der Waals surface area contributed by atoms with Gasteiger partial charge in [-0.3, -0.25) is 9.97 Å². The lowest BCUT2D eigenvalue weighted by atomic mass is 10.3. The molecule has 2 rings (SSSR count). The maximum absolute atomic E-state index is 4.99. The highest BCUT2D eigenvalue weighted by Gasteiger charge is 2.02. The van der Waals surface area contributed by atoms with Crippen LogP contribution in [0.25, 0.3) is 11.0 Å². The second kappa shape index (κ2) is 5.23. The number of hydrogen-bond donors (Lipinski definition) is 1. The van der Waals surface area contributed by atoms with E-state index in [2.05, 4.69) is 31.2 Å². The van der Waals surface area contributed by atoms with E-state index in [-0.39, 0.29) is 0 Å². The molecule has 84 valence electrons. The molecular formula is C11H12BrN3O. The smallest absolute Gasteiger partial charge is 0.112 e. The molecule has 0 fully saturated rings. The highest BCUT2D eigenvalue weighted by Crippen LogP contribution is 2.21. The average molecular weight is 282 g/mol. The van der Waals surface area contributed by atoms with Crippen molar-refractivity contribution >= 4 is 32.7 Å². The van der Waals surface area contributed by atoms with Gasteiger partial charge in [-0.15, -0.1) is 0 Å². The molecule has 0 bridgehead atoms. The molecule has 0 aliphatic heterocycles. The van der Waals surface area contributed by atoms with Gasteiger partial charge in [0.25, 0.3) is 0 Å². The molecule has 0 amide bonds. The summed E-state index contributed by atoms with van der Waals surface area (Å²) in [4.78, 5) is 8.61. The van der Waals surface area contributed by atoms with E-state index in [4.69, 9.17) is 4.74 Å². The third-order valence-corrected chi connectivity index (χ3v) is 2.60. The highest BCUT2D eigenvalue weighted by atomic mass is 79.9. The van der Waals surface area contributed by atoms with Crippen LogP contribution in [0.1, 0.15) is 0 Å². The lowest BCUT2D eigenvalue weighted by Gasteiger charge is -2.07. The molecule has 0 saturated heterocycles. The zero-order valence-corrected chi connectivity index (χ0v) is 10.5. The van der Waals surface area contributed by atoms with Gasteiger partial charge in [-0.2, -0.15) is 0 Å². The molecule has 2 aromatic rings. The molecular weight excluding hydrogens is 270 g/mol. The van der Waals surface area contributed by atoms with Crippen LogP contribution in [0.2, 0.25) is 0 Å². The number of ether oxygens (including phenoxy) is 1. The van der Waals surface area contributed by atoms with E-state index < -0.39 is 0 Å². The average Bonchev–Trinajstić information content (AvgIpc) is 2.29. The van der Waals surface area contributed by atoms with Crippen molar-refractivity contribution in [2.24, 2.45) is 0 Å². The van der Waals surface area contributed by atoms with Crippen molar-refractivity contribution in [3.63, 3.8) is 0 Å². The normalized spacial score (nSPS) is 10.6. The number of aromatic nitrogens is 2. The largest absolute Gasteiger partial charge is 0.383 e. The van der Waals surface area contributed by atoms with Gasteiger partial charge < -0.3 is 10.1 Å². The SMILES string of the molecule is COCCNc1ccnc2cc(Br)cnc12. The Morgan fingerprint density at radius 1 is 1.44 bits per heavy atom. The fourth-order valence-electron chi connectivity index (χ4n) is 1.44. The van der Waals surface area contributed by atoms with Crippen LogP contribution in [0.15, 0.2) is 29.0 Å². The molecule has 0 unspecified atom stereocenters. The third kappa shape index (κ3) is 2.48. The Kier molecular flexibility index (Phi) is 3.69. The Morgan fingerprint density at radius 2 is 2.31 bits per heavy atom. The van der Waals surface area contributed by atoms with E-state index in [0.717, 1.165) is 27.7 Å². The summed E-state index contributed by atoms with van der Waals surface area (Å²) in [5, 5.41) is 3.27. The third-order valence-electron chi connectivity index (χ3n) is 2.17. The van der Waals surface area contributed by atoms with E-state index in [9.17, 15) is 0 Å². The molecule has 4 nitrogen and oxygen atoms in total. The quantitative estimate of drug-likeness (QED) is 0.875. The zero-order chi connectivity index (χ0) is 11.4. The molecule has 0 radical (unpaired) electrons. The zero-order valence-electron chi connectivity index (χ0n) is 8.90. The Balaban J connectivity index is 2.30. The summed E-state index contributed by atoms with van der Waals surface area (Å²) in [5.74, 6) is 0. The fourth-order valence-corrected chi connectivity index (χ4v) is 1.76. The number of rotatable bonds is 4. The fraction of sp³-hybridized carbons (Fsp3) is 0.273. The first-order chi connectivity index (χ1) is 7.81. The maximum Gasteiger partial charge on any atom is 0.112 e. The highest BCUT2D eigenvalue weighted by molar-refractivity contribution is 9.10. The van der Waals surface area contributed by atoms with Crippen LogP contribution >= 0.6 is 15.9 Å². The molecule has 16 heavy (non-hydrogen) atoms. The summed E-state index contributed by atoms with van der Waals surface area (Å²) in [7, 11) is 1.68. The summed E-state index contributed by atoms with van der Waals surface area (Å²) in [6, 6.07) is 3.86. The van der Waals surface area contributed by atoms with E-state index in [1.165, 1.54) is 0 Å². The first-order valence-corrected chi connectivity index (χ1v) is 5.73. The van der Waals surface area contributed by atoms with Crippen LogP contribution in [0.3, 0.4) is 0 Å². The molecule has 0 aliphatic rings. The molecule has 0 atom stereocenters. The van der Waals surface area contributed by atoms with E-state index in [1.807, 2.05) is 12.1 Å². The van der Waals surface area contributed by atoms with Crippen LogP contribution in [-0.2, 0) is 4.74 Å². The van der Waals surface area contributed by atoms with Crippen LogP contribution in [0.5, 0.6) is 0 Å². The number of nitrogens with zero attached hydrogens (tertiary/aromatic N) is 2. The number of nitrogens with one attached hydrogen (secondary N) is 1. The van der Waals surface area contributed by atoms with Crippen molar-refractivity contribution in [3.8, 4) is 0 Å². The van der Waals surface area contributed by atoms with Crippen LogP contribution < -0.4 is 5.32 Å². The van der Waals surface area contributed by atoms with Crippen molar-refractivity contribution in [2.75, 3.05) is 25.6 Å².